The van der Waals surface area contributed by atoms with Crippen molar-refractivity contribution < 1.29 is 14.6 Å². The van der Waals surface area contributed by atoms with E-state index in [1.807, 2.05) is 12.1 Å². The van der Waals surface area contributed by atoms with Gasteiger partial charge >= 0.3 is 5.97 Å². The lowest BCUT2D eigenvalue weighted by atomic mass is 10.00. The van der Waals surface area contributed by atoms with Gasteiger partial charge in [-0.25, -0.2) is 4.79 Å². The summed E-state index contributed by atoms with van der Waals surface area (Å²) in [5, 5.41) is 9.83. The highest BCUT2D eigenvalue weighted by Gasteiger charge is 2.24. The van der Waals surface area contributed by atoms with E-state index < -0.39 is 17.7 Å². The maximum Gasteiger partial charge on any atom is 0.335 e. The highest BCUT2D eigenvalue weighted by molar-refractivity contribution is 5.80. The van der Waals surface area contributed by atoms with Crippen LogP contribution in [0.3, 0.4) is 0 Å². The van der Waals surface area contributed by atoms with Crippen molar-refractivity contribution in [2.45, 2.75) is 38.9 Å². The number of nitrogen functional groups attached to an aromatic ring is 1. The van der Waals surface area contributed by atoms with E-state index in [0.29, 0.717) is 11.3 Å². The minimum Gasteiger partial charge on any atom is -0.458 e. The number of carbonyl (C=O) groups excluding carboxylic acids is 1. The van der Waals surface area contributed by atoms with Crippen molar-refractivity contribution >= 4 is 17.2 Å². The molecule has 1 unspecified atom stereocenters. The zero-order valence-electron chi connectivity index (χ0n) is 11.6. The number of anilines is 1. The first-order valence-electron chi connectivity index (χ1n) is 6.14. The highest BCUT2D eigenvalue weighted by Crippen LogP contribution is 2.24. The standard InChI is InChI=1S/C15H21NO3/c1-10(11-7-5-6-8-12(11)16)9-13(17)14(18)19-15(2,3)4/h5-8,13,17H,1,9,16H2,2-4H3. The van der Waals surface area contributed by atoms with E-state index >= 15 is 0 Å². The predicted molar refractivity (Wildman–Crippen MR) is 76.4 cm³/mol. The Morgan fingerprint density at radius 1 is 1.42 bits per heavy atom. The van der Waals surface area contributed by atoms with Gasteiger partial charge < -0.3 is 15.6 Å². The summed E-state index contributed by atoms with van der Waals surface area (Å²) >= 11 is 0. The number of ether oxygens (including phenoxy) is 1. The Hall–Kier alpha value is -1.81. The Morgan fingerprint density at radius 3 is 2.53 bits per heavy atom. The quantitative estimate of drug-likeness (QED) is 0.646. The van der Waals surface area contributed by atoms with E-state index in [1.165, 1.54) is 0 Å². The summed E-state index contributed by atoms with van der Waals surface area (Å²) in [6, 6.07) is 7.20. The van der Waals surface area contributed by atoms with Crippen molar-refractivity contribution in [3.8, 4) is 0 Å². The molecule has 0 saturated carbocycles. The molecular formula is C15H21NO3. The summed E-state index contributed by atoms with van der Waals surface area (Å²) in [5.41, 5.74) is 7.12. The smallest absolute Gasteiger partial charge is 0.335 e. The van der Waals surface area contributed by atoms with E-state index in [4.69, 9.17) is 10.5 Å². The average Bonchev–Trinajstić information content (AvgIpc) is 2.27. The van der Waals surface area contributed by atoms with Crippen molar-refractivity contribution in [3.63, 3.8) is 0 Å². The van der Waals surface area contributed by atoms with Gasteiger partial charge in [-0.3, -0.25) is 0 Å². The molecule has 0 radical (unpaired) electrons. The second-order valence-corrected chi connectivity index (χ2v) is 5.44. The van der Waals surface area contributed by atoms with Crippen LogP contribution in [0, 0.1) is 0 Å². The van der Waals surface area contributed by atoms with Crippen LogP contribution in [0.5, 0.6) is 0 Å². The number of aliphatic hydroxyl groups is 1. The number of para-hydroxylation sites is 1. The lowest BCUT2D eigenvalue weighted by Gasteiger charge is -2.22. The van der Waals surface area contributed by atoms with E-state index in [1.54, 1.807) is 32.9 Å². The summed E-state index contributed by atoms with van der Waals surface area (Å²) in [7, 11) is 0. The number of hydrogen-bond acceptors (Lipinski definition) is 4. The zero-order valence-corrected chi connectivity index (χ0v) is 11.6. The summed E-state index contributed by atoms with van der Waals surface area (Å²) in [4.78, 5) is 11.7. The SMILES string of the molecule is C=C(CC(O)C(=O)OC(C)(C)C)c1ccccc1N. The Labute approximate surface area is 113 Å². The molecule has 0 bridgehead atoms. The highest BCUT2D eigenvalue weighted by atomic mass is 16.6. The van der Waals surface area contributed by atoms with Crippen LogP contribution in [-0.4, -0.2) is 22.8 Å². The molecule has 0 heterocycles. The molecule has 1 atom stereocenters. The van der Waals surface area contributed by atoms with Crippen LogP contribution in [0.2, 0.25) is 0 Å². The van der Waals surface area contributed by atoms with Gasteiger partial charge in [-0.2, -0.15) is 0 Å². The maximum absolute atomic E-state index is 11.7. The van der Waals surface area contributed by atoms with Crippen molar-refractivity contribution in [2.75, 3.05) is 5.73 Å². The van der Waals surface area contributed by atoms with Crippen LogP contribution in [-0.2, 0) is 9.53 Å². The normalized spacial score (nSPS) is 12.8. The first kappa shape index (κ1) is 15.2. The summed E-state index contributed by atoms with van der Waals surface area (Å²) in [6.45, 7) is 9.11. The minimum absolute atomic E-state index is 0.100. The monoisotopic (exact) mass is 263 g/mol. The third-order valence-corrected chi connectivity index (χ3v) is 2.46. The second kappa shape index (κ2) is 5.89. The van der Waals surface area contributed by atoms with Crippen LogP contribution < -0.4 is 5.73 Å². The van der Waals surface area contributed by atoms with Crippen LogP contribution in [0.4, 0.5) is 5.69 Å². The van der Waals surface area contributed by atoms with Crippen molar-refractivity contribution in [1.82, 2.24) is 0 Å². The average molecular weight is 263 g/mol. The fourth-order valence-electron chi connectivity index (χ4n) is 1.62. The Morgan fingerprint density at radius 2 is 2.00 bits per heavy atom. The fourth-order valence-corrected chi connectivity index (χ4v) is 1.62. The maximum atomic E-state index is 11.7. The summed E-state index contributed by atoms with van der Waals surface area (Å²) < 4.78 is 5.11. The predicted octanol–water partition coefficient (Wildman–Crippen LogP) is 2.37. The number of nitrogens with two attached hydrogens (primary N) is 1. The molecule has 0 fully saturated rings. The minimum atomic E-state index is -1.23. The Balaban J connectivity index is 2.67. The van der Waals surface area contributed by atoms with Crippen molar-refractivity contribution in [2.24, 2.45) is 0 Å². The van der Waals surface area contributed by atoms with Crippen LogP contribution in [0.15, 0.2) is 30.8 Å². The number of esters is 1. The van der Waals surface area contributed by atoms with Gasteiger partial charge in [0.2, 0.25) is 0 Å². The van der Waals surface area contributed by atoms with Gasteiger partial charge in [0.05, 0.1) is 0 Å². The largest absolute Gasteiger partial charge is 0.458 e. The molecule has 1 aromatic rings. The van der Waals surface area contributed by atoms with Gasteiger partial charge in [0.1, 0.15) is 5.60 Å². The first-order valence-corrected chi connectivity index (χ1v) is 6.14. The van der Waals surface area contributed by atoms with E-state index in [-0.39, 0.29) is 6.42 Å². The van der Waals surface area contributed by atoms with Gasteiger partial charge in [0.25, 0.3) is 0 Å². The lowest BCUT2D eigenvalue weighted by Crippen LogP contribution is -2.31. The molecule has 104 valence electrons. The molecule has 0 spiro atoms. The van der Waals surface area contributed by atoms with Gasteiger partial charge in [-0.1, -0.05) is 24.8 Å². The summed E-state index contributed by atoms with van der Waals surface area (Å²) in [5.74, 6) is -0.650. The first-order chi connectivity index (χ1) is 8.70. The third-order valence-electron chi connectivity index (χ3n) is 2.46. The topological polar surface area (TPSA) is 72.5 Å². The molecule has 4 heteroatoms. The van der Waals surface area contributed by atoms with Gasteiger partial charge in [-0.05, 0) is 32.4 Å². The van der Waals surface area contributed by atoms with Crippen molar-refractivity contribution in [3.05, 3.63) is 36.4 Å². The Bertz CT molecular complexity index is 475. The van der Waals surface area contributed by atoms with Crippen LogP contribution in [0.25, 0.3) is 5.57 Å². The molecule has 0 amide bonds. The van der Waals surface area contributed by atoms with E-state index in [9.17, 15) is 9.90 Å². The van der Waals surface area contributed by atoms with Gasteiger partial charge in [0.15, 0.2) is 6.10 Å². The molecule has 1 aromatic carbocycles. The number of hydrogen-bond donors (Lipinski definition) is 2. The summed E-state index contributed by atoms with van der Waals surface area (Å²) in [6.07, 6.45) is -1.13. The molecule has 0 aliphatic carbocycles. The van der Waals surface area contributed by atoms with Gasteiger partial charge in [-0.15, -0.1) is 0 Å². The van der Waals surface area contributed by atoms with Gasteiger partial charge in [0, 0.05) is 17.7 Å². The third kappa shape index (κ3) is 4.75. The van der Waals surface area contributed by atoms with Crippen molar-refractivity contribution in [1.29, 1.82) is 0 Å². The number of aliphatic hydroxyl groups excluding tert-OH is 1. The molecule has 0 aliphatic rings. The zero-order chi connectivity index (χ0) is 14.6. The Kier molecular flexibility index (Phi) is 4.72. The molecular weight excluding hydrogens is 242 g/mol. The van der Waals surface area contributed by atoms with Crippen LogP contribution in [0.1, 0.15) is 32.8 Å². The molecule has 0 aromatic heterocycles. The molecule has 4 nitrogen and oxygen atoms in total. The second-order valence-electron chi connectivity index (χ2n) is 5.44. The molecule has 0 aliphatic heterocycles. The molecule has 0 saturated heterocycles. The van der Waals surface area contributed by atoms with Crippen LogP contribution >= 0.6 is 0 Å². The van der Waals surface area contributed by atoms with E-state index in [0.717, 1.165) is 5.56 Å². The molecule has 1 rings (SSSR count). The fraction of sp³-hybridized carbons (Fsp3) is 0.400. The molecule has 3 N–H and O–H groups in total. The van der Waals surface area contributed by atoms with E-state index in [2.05, 4.69) is 6.58 Å². The molecule has 19 heavy (non-hydrogen) atoms. The number of rotatable bonds is 4. The lowest BCUT2D eigenvalue weighted by molar-refractivity contribution is -0.164. The number of benzene rings is 1. The number of carbonyl (C=O) groups is 1.